The van der Waals surface area contributed by atoms with E-state index in [0.717, 1.165) is 5.69 Å². The maximum Gasteiger partial charge on any atom is 0.220 e. The lowest BCUT2D eigenvalue weighted by Crippen LogP contribution is -2.08. The van der Waals surface area contributed by atoms with Gasteiger partial charge in [0, 0.05) is 12.7 Å². The molecule has 0 amide bonds. The summed E-state index contributed by atoms with van der Waals surface area (Å²) in [5.41, 5.74) is 0.890. The fourth-order valence-electron chi connectivity index (χ4n) is 1.20. The minimum Gasteiger partial charge on any atom is -0.428 e. The third-order valence-electron chi connectivity index (χ3n) is 2.04. The molecule has 0 bridgehead atoms. The Morgan fingerprint density at radius 1 is 1.27 bits per heavy atom. The van der Waals surface area contributed by atoms with Gasteiger partial charge >= 0.3 is 0 Å². The lowest BCUT2D eigenvalue weighted by molar-refractivity contribution is 0.560. The molecule has 0 fully saturated rings. The normalized spacial score (nSPS) is 10.3. The number of hydrogen-bond donors (Lipinski definition) is 0. The molecule has 5 heteroatoms. The van der Waals surface area contributed by atoms with Gasteiger partial charge in [-0.15, -0.1) is 0 Å². The van der Waals surface area contributed by atoms with E-state index in [4.69, 9.17) is 27.6 Å². The molecule has 0 saturated carbocycles. The number of hydrogen-bond acceptors (Lipinski definition) is 3. The van der Waals surface area contributed by atoms with E-state index in [-0.39, 0.29) is 0 Å². The van der Waals surface area contributed by atoms with Crippen molar-refractivity contribution in [3.05, 3.63) is 40.8 Å². The molecule has 0 spiro atoms. The van der Waals surface area contributed by atoms with E-state index in [9.17, 15) is 0 Å². The standard InChI is InChI=1S/C10H8Cl2N2O/c1-14(10-5-13-6-15-10)7-2-3-8(11)9(12)4-7/h2-6H,1H3. The highest BCUT2D eigenvalue weighted by molar-refractivity contribution is 6.42. The second-order valence-electron chi connectivity index (χ2n) is 3.00. The van der Waals surface area contributed by atoms with Crippen LogP contribution >= 0.6 is 23.2 Å². The largest absolute Gasteiger partial charge is 0.428 e. The molecule has 15 heavy (non-hydrogen) atoms. The Morgan fingerprint density at radius 2 is 2.07 bits per heavy atom. The number of halogens is 2. The van der Waals surface area contributed by atoms with Gasteiger partial charge in [-0.25, -0.2) is 4.98 Å². The Hall–Kier alpha value is -1.19. The van der Waals surface area contributed by atoms with Gasteiger partial charge in [0.15, 0.2) is 6.39 Å². The van der Waals surface area contributed by atoms with Crippen molar-refractivity contribution in [2.24, 2.45) is 0 Å². The topological polar surface area (TPSA) is 29.3 Å². The van der Waals surface area contributed by atoms with Crippen molar-refractivity contribution < 1.29 is 4.42 Å². The van der Waals surface area contributed by atoms with Crippen LogP contribution in [0.5, 0.6) is 0 Å². The Balaban J connectivity index is 2.34. The molecule has 0 atom stereocenters. The van der Waals surface area contributed by atoms with Gasteiger partial charge in [-0.3, -0.25) is 0 Å². The van der Waals surface area contributed by atoms with Crippen molar-refractivity contribution in [2.45, 2.75) is 0 Å². The first-order chi connectivity index (χ1) is 7.18. The first-order valence-electron chi connectivity index (χ1n) is 4.26. The first kappa shape index (κ1) is 10.3. The molecule has 2 rings (SSSR count). The number of nitrogens with zero attached hydrogens (tertiary/aromatic N) is 2. The zero-order chi connectivity index (χ0) is 10.8. The number of aromatic nitrogens is 1. The smallest absolute Gasteiger partial charge is 0.220 e. The van der Waals surface area contributed by atoms with E-state index in [1.807, 2.05) is 18.0 Å². The van der Waals surface area contributed by atoms with Crippen molar-refractivity contribution in [1.82, 2.24) is 4.98 Å². The number of anilines is 2. The molecular weight excluding hydrogens is 235 g/mol. The predicted molar refractivity (Wildman–Crippen MR) is 61.0 cm³/mol. The fourth-order valence-corrected chi connectivity index (χ4v) is 1.49. The minimum absolute atomic E-state index is 0.514. The molecule has 0 aliphatic carbocycles. The van der Waals surface area contributed by atoms with Crippen molar-refractivity contribution in [2.75, 3.05) is 11.9 Å². The lowest BCUT2D eigenvalue weighted by Gasteiger charge is -2.15. The minimum atomic E-state index is 0.514. The van der Waals surface area contributed by atoms with Gasteiger partial charge in [0.2, 0.25) is 5.88 Å². The molecule has 0 radical (unpaired) electrons. The van der Waals surface area contributed by atoms with Crippen LogP contribution in [0.1, 0.15) is 0 Å². The Kier molecular flexibility index (Phi) is 2.84. The molecule has 0 unspecified atom stereocenters. The fraction of sp³-hybridized carbons (Fsp3) is 0.100. The molecule has 0 aliphatic rings. The van der Waals surface area contributed by atoms with Crippen molar-refractivity contribution in [3.63, 3.8) is 0 Å². The average Bonchev–Trinajstić information content (AvgIpc) is 2.74. The van der Waals surface area contributed by atoms with Crippen molar-refractivity contribution in [1.29, 1.82) is 0 Å². The van der Waals surface area contributed by atoms with Crippen LogP contribution in [-0.4, -0.2) is 12.0 Å². The Labute approximate surface area is 97.2 Å². The van der Waals surface area contributed by atoms with E-state index in [1.54, 1.807) is 18.3 Å². The zero-order valence-electron chi connectivity index (χ0n) is 7.95. The maximum atomic E-state index is 5.91. The van der Waals surface area contributed by atoms with E-state index in [1.165, 1.54) is 6.39 Å². The van der Waals surface area contributed by atoms with Crippen LogP contribution in [0.3, 0.4) is 0 Å². The molecule has 1 aromatic carbocycles. The summed E-state index contributed by atoms with van der Waals surface area (Å²) in [6.45, 7) is 0. The van der Waals surface area contributed by atoms with E-state index in [0.29, 0.717) is 15.9 Å². The highest BCUT2D eigenvalue weighted by Crippen LogP contribution is 2.29. The van der Waals surface area contributed by atoms with Crippen LogP contribution in [0.2, 0.25) is 10.0 Å². The van der Waals surface area contributed by atoms with Crippen LogP contribution in [0.4, 0.5) is 11.6 Å². The highest BCUT2D eigenvalue weighted by atomic mass is 35.5. The van der Waals surface area contributed by atoms with Crippen LogP contribution in [0.15, 0.2) is 35.2 Å². The molecule has 1 heterocycles. The quantitative estimate of drug-likeness (QED) is 0.804. The van der Waals surface area contributed by atoms with Crippen LogP contribution in [-0.2, 0) is 0 Å². The van der Waals surface area contributed by atoms with Gasteiger partial charge in [0.1, 0.15) is 0 Å². The molecule has 1 aromatic heterocycles. The maximum absolute atomic E-state index is 5.91. The third-order valence-corrected chi connectivity index (χ3v) is 2.78. The summed E-state index contributed by atoms with van der Waals surface area (Å²) in [5, 5.41) is 1.05. The summed E-state index contributed by atoms with van der Waals surface area (Å²) in [5.74, 6) is 0.647. The Bertz CT molecular complexity index is 456. The first-order valence-corrected chi connectivity index (χ1v) is 5.01. The summed E-state index contributed by atoms with van der Waals surface area (Å²) in [6.07, 6.45) is 3.01. The molecule has 0 aliphatic heterocycles. The summed E-state index contributed by atoms with van der Waals surface area (Å²) in [7, 11) is 1.86. The van der Waals surface area contributed by atoms with E-state index >= 15 is 0 Å². The number of oxazole rings is 1. The van der Waals surface area contributed by atoms with Gasteiger partial charge in [0.05, 0.1) is 16.2 Å². The summed E-state index contributed by atoms with van der Waals surface area (Å²) >= 11 is 11.7. The predicted octanol–water partition coefficient (Wildman–Crippen LogP) is 3.75. The van der Waals surface area contributed by atoms with Gasteiger partial charge in [-0.05, 0) is 18.2 Å². The van der Waals surface area contributed by atoms with E-state index < -0.39 is 0 Å². The average molecular weight is 243 g/mol. The Morgan fingerprint density at radius 3 is 2.67 bits per heavy atom. The molecule has 78 valence electrons. The van der Waals surface area contributed by atoms with Crippen LogP contribution in [0, 0.1) is 0 Å². The lowest BCUT2D eigenvalue weighted by atomic mass is 10.3. The third kappa shape index (κ3) is 2.08. The summed E-state index contributed by atoms with van der Waals surface area (Å²) in [4.78, 5) is 5.67. The van der Waals surface area contributed by atoms with Crippen molar-refractivity contribution in [3.8, 4) is 0 Å². The SMILES string of the molecule is CN(c1ccc(Cl)c(Cl)c1)c1cnco1. The number of rotatable bonds is 2. The molecule has 0 N–H and O–H groups in total. The van der Waals surface area contributed by atoms with Crippen LogP contribution in [0.25, 0.3) is 0 Å². The zero-order valence-corrected chi connectivity index (χ0v) is 9.46. The van der Waals surface area contributed by atoms with Gasteiger partial charge < -0.3 is 9.32 Å². The monoisotopic (exact) mass is 242 g/mol. The second kappa shape index (κ2) is 4.13. The van der Waals surface area contributed by atoms with Gasteiger partial charge in [0.25, 0.3) is 0 Å². The molecule has 0 saturated heterocycles. The molecular formula is C10H8Cl2N2O. The highest BCUT2D eigenvalue weighted by Gasteiger charge is 2.08. The summed E-state index contributed by atoms with van der Waals surface area (Å²) < 4.78 is 5.16. The summed E-state index contributed by atoms with van der Waals surface area (Å²) in [6, 6.07) is 5.37. The van der Waals surface area contributed by atoms with Crippen LogP contribution < -0.4 is 4.90 Å². The van der Waals surface area contributed by atoms with Gasteiger partial charge in [-0.1, -0.05) is 23.2 Å². The molecule has 2 aromatic rings. The van der Waals surface area contributed by atoms with Crippen molar-refractivity contribution >= 4 is 34.8 Å². The van der Waals surface area contributed by atoms with Gasteiger partial charge in [-0.2, -0.15) is 0 Å². The number of benzene rings is 1. The molecule has 3 nitrogen and oxygen atoms in total. The van der Waals surface area contributed by atoms with E-state index in [2.05, 4.69) is 4.98 Å². The second-order valence-corrected chi connectivity index (χ2v) is 3.81.